The quantitative estimate of drug-likeness (QED) is 0.455. The standard InChI is InChI=1S/C23H21N3O2S/c1-28-19-10-7-16(8-11-19)13-14-24-22(27)17-9-12-20-21(15-17)29-23(26-20)25-18-5-3-2-4-6-18/h2-12,15H,13-14H2,1H3,(H,24,27)(H,25,26). The summed E-state index contributed by atoms with van der Waals surface area (Å²) in [6.07, 6.45) is 0.768. The fourth-order valence-electron chi connectivity index (χ4n) is 2.98. The highest BCUT2D eigenvalue weighted by Gasteiger charge is 2.10. The summed E-state index contributed by atoms with van der Waals surface area (Å²) in [5.74, 6) is 0.753. The summed E-state index contributed by atoms with van der Waals surface area (Å²) in [7, 11) is 1.65. The van der Waals surface area contributed by atoms with Gasteiger partial charge in [-0.1, -0.05) is 41.7 Å². The van der Waals surface area contributed by atoms with Gasteiger partial charge in [0.2, 0.25) is 0 Å². The topological polar surface area (TPSA) is 63.2 Å². The van der Waals surface area contributed by atoms with Crippen molar-refractivity contribution in [2.75, 3.05) is 19.0 Å². The van der Waals surface area contributed by atoms with E-state index in [9.17, 15) is 4.79 Å². The van der Waals surface area contributed by atoms with Gasteiger partial charge in [0.15, 0.2) is 5.13 Å². The van der Waals surface area contributed by atoms with Crippen LogP contribution in [0.1, 0.15) is 15.9 Å². The van der Waals surface area contributed by atoms with Gasteiger partial charge in [-0.15, -0.1) is 0 Å². The van der Waals surface area contributed by atoms with Crippen LogP contribution in [-0.4, -0.2) is 24.5 Å². The van der Waals surface area contributed by atoms with Gasteiger partial charge in [0, 0.05) is 17.8 Å². The first-order valence-corrected chi connectivity index (χ1v) is 10.2. The number of hydrogen-bond donors (Lipinski definition) is 2. The zero-order valence-corrected chi connectivity index (χ0v) is 16.8. The number of nitrogens with zero attached hydrogens (tertiary/aromatic N) is 1. The first-order chi connectivity index (χ1) is 14.2. The van der Waals surface area contributed by atoms with E-state index in [1.807, 2.05) is 72.8 Å². The molecule has 4 aromatic rings. The highest BCUT2D eigenvalue weighted by atomic mass is 32.1. The third-order valence-electron chi connectivity index (χ3n) is 4.53. The fourth-order valence-corrected chi connectivity index (χ4v) is 3.90. The SMILES string of the molecule is COc1ccc(CCNC(=O)c2ccc3nc(Nc4ccccc4)sc3c2)cc1. The summed E-state index contributed by atoms with van der Waals surface area (Å²) >= 11 is 1.53. The van der Waals surface area contributed by atoms with E-state index in [1.165, 1.54) is 11.3 Å². The van der Waals surface area contributed by atoms with Gasteiger partial charge < -0.3 is 15.4 Å². The van der Waals surface area contributed by atoms with Gasteiger partial charge in [-0.25, -0.2) is 4.98 Å². The van der Waals surface area contributed by atoms with Crippen molar-refractivity contribution in [3.63, 3.8) is 0 Å². The van der Waals surface area contributed by atoms with E-state index in [2.05, 4.69) is 15.6 Å². The van der Waals surface area contributed by atoms with Crippen molar-refractivity contribution in [3.8, 4) is 5.75 Å². The number of para-hydroxylation sites is 1. The van der Waals surface area contributed by atoms with E-state index in [4.69, 9.17) is 4.74 Å². The Morgan fingerprint density at radius 3 is 2.59 bits per heavy atom. The van der Waals surface area contributed by atoms with Crippen molar-refractivity contribution in [3.05, 3.63) is 83.9 Å². The van der Waals surface area contributed by atoms with Gasteiger partial charge in [-0.3, -0.25) is 4.79 Å². The molecule has 0 unspecified atom stereocenters. The Kier molecular flexibility index (Phi) is 5.72. The lowest BCUT2D eigenvalue weighted by Gasteiger charge is -2.06. The molecular formula is C23H21N3O2S. The number of nitrogens with one attached hydrogen (secondary N) is 2. The van der Waals surface area contributed by atoms with Gasteiger partial charge in [0.05, 0.1) is 17.3 Å². The number of benzene rings is 3. The lowest BCUT2D eigenvalue weighted by Crippen LogP contribution is -2.25. The minimum absolute atomic E-state index is 0.0774. The maximum atomic E-state index is 12.5. The molecule has 0 radical (unpaired) electrons. The number of ether oxygens (including phenoxy) is 1. The molecule has 0 aliphatic carbocycles. The van der Waals surface area contributed by atoms with Crippen molar-refractivity contribution < 1.29 is 9.53 Å². The molecule has 3 aromatic carbocycles. The maximum Gasteiger partial charge on any atom is 0.251 e. The predicted molar refractivity (Wildman–Crippen MR) is 118 cm³/mol. The highest BCUT2D eigenvalue weighted by molar-refractivity contribution is 7.22. The number of fused-ring (bicyclic) bond motifs is 1. The number of anilines is 2. The Morgan fingerprint density at radius 2 is 1.83 bits per heavy atom. The minimum atomic E-state index is -0.0774. The molecule has 146 valence electrons. The van der Waals surface area contributed by atoms with Crippen molar-refractivity contribution in [1.29, 1.82) is 0 Å². The number of carbonyl (C=O) groups is 1. The van der Waals surface area contributed by atoms with Crippen LogP contribution in [0.4, 0.5) is 10.8 Å². The molecule has 29 heavy (non-hydrogen) atoms. The van der Waals surface area contributed by atoms with Crippen LogP contribution in [0, 0.1) is 0 Å². The Bertz CT molecular complexity index is 1110. The summed E-state index contributed by atoms with van der Waals surface area (Å²) in [6.45, 7) is 0.576. The van der Waals surface area contributed by atoms with E-state index >= 15 is 0 Å². The molecule has 1 aromatic heterocycles. The zero-order valence-electron chi connectivity index (χ0n) is 16.0. The van der Waals surface area contributed by atoms with Crippen molar-refractivity contribution >= 4 is 38.3 Å². The normalized spacial score (nSPS) is 10.7. The van der Waals surface area contributed by atoms with E-state index < -0.39 is 0 Å². The second-order valence-corrected chi connectivity index (χ2v) is 7.58. The largest absolute Gasteiger partial charge is 0.497 e. The molecule has 5 nitrogen and oxygen atoms in total. The first-order valence-electron chi connectivity index (χ1n) is 9.35. The maximum absolute atomic E-state index is 12.5. The average Bonchev–Trinajstić information content (AvgIpc) is 3.16. The van der Waals surface area contributed by atoms with Crippen LogP contribution in [0.15, 0.2) is 72.8 Å². The molecule has 0 fully saturated rings. The van der Waals surface area contributed by atoms with Gasteiger partial charge in [0.1, 0.15) is 5.75 Å². The summed E-state index contributed by atoms with van der Waals surface area (Å²) < 4.78 is 6.14. The molecule has 1 heterocycles. The van der Waals surface area contributed by atoms with Crippen molar-refractivity contribution in [2.24, 2.45) is 0 Å². The van der Waals surface area contributed by atoms with E-state index in [0.29, 0.717) is 12.1 Å². The molecule has 0 aliphatic rings. The summed E-state index contributed by atoms with van der Waals surface area (Å²) in [5, 5.41) is 7.09. The van der Waals surface area contributed by atoms with Gasteiger partial charge in [-0.2, -0.15) is 0 Å². The van der Waals surface area contributed by atoms with E-state index in [1.54, 1.807) is 7.11 Å². The first kappa shape index (κ1) is 19.0. The molecule has 1 amide bonds. The Morgan fingerprint density at radius 1 is 1.03 bits per heavy atom. The molecule has 0 aliphatic heterocycles. The van der Waals surface area contributed by atoms with Crippen LogP contribution in [0.2, 0.25) is 0 Å². The number of carbonyl (C=O) groups excluding carboxylic acids is 1. The fraction of sp³-hybridized carbons (Fsp3) is 0.130. The van der Waals surface area contributed by atoms with Gasteiger partial charge >= 0.3 is 0 Å². The third kappa shape index (κ3) is 4.73. The number of amides is 1. The molecule has 0 bridgehead atoms. The number of methoxy groups -OCH3 is 1. The zero-order chi connectivity index (χ0) is 20.1. The van der Waals surface area contributed by atoms with E-state index in [0.717, 1.165) is 38.8 Å². The lowest BCUT2D eigenvalue weighted by atomic mass is 10.1. The van der Waals surface area contributed by atoms with Crippen molar-refractivity contribution in [2.45, 2.75) is 6.42 Å². The Balaban J connectivity index is 1.38. The molecule has 4 rings (SSSR count). The molecule has 0 saturated heterocycles. The molecule has 0 saturated carbocycles. The van der Waals surface area contributed by atoms with Gasteiger partial charge in [0.25, 0.3) is 5.91 Å². The summed E-state index contributed by atoms with van der Waals surface area (Å²) in [6, 6.07) is 23.4. The molecular weight excluding hydrogens is 382 g/mol. The molecule has 0 spiro atoms. The van der Waals surface area contributed by atoms with Gasteiger partial charge in [-0.05, 0) is 54.4 Å². The van der Waals surface area contributed by atoms with E-state index in [-0.39, 0.29) is 5.91 Å². The summed E-state index contributed by atoms with van der Waals surface area (Å²) in [4.78, 5) is 17.1. The average molecular weight is 404 g/mol. The molecule has 6 heteroatoms. The Hall–Kier alpha value is -3.38. The number of aromatic nitrogens is 1. The van der Waals surface area contributed by atoms with Crippen LogP contribution in [0.3, 0.4) is 0 Å². The van der Waals surface area contributed by atoms with Crippen LogP contribution in [-0.2, 0) is 6.42 Å². The van der Waals surface area contributed by atoms with Crippen LogP contribution < -0.4 is 15.4 Å². The third-order valence-corrected chi connectivity index (χ3v) is 5.47. The summed E-state index contributed by atoms with van der Waals surface area (Å²) in [5.41, 5.74) is 3.66. The lowest BCUT2D eigenvalue weighted by molar-refractivity contribution is 0.0954. The number of rotatable bonds is 7. The molecule has 2 N–H and O–H groups in total. The smallest absolute Gasteiger partial charge is 0.251 e. The van der Waals surface area contributed by atoms with Crippen LogP contribution >= 0.6 is 11.3 Å². The number of thiazole rings is 1. The predicted octanol–water partition coefficient (Wildman–Crippen LogP) is 5.02. The van der Waals surface area contributed by atoms with Crippen LogP contribution in [0.5, 0.6) is 5.75 Å². The molecule has 0 atom stereocenters. The number of hydrogen-bond acceptors (Lipinski definition) is 5. The minimum Gasteiger partial charge on any atom is -0.497 e. The highest BCUT2D eigenvalue weighted by Crippen LogP contribution is 2.29. The van der Waals surface area contributed by atoms with Crippen molar-refractivity contribution in [1.82, 2.24) is 10.3 Å². The second kappa shape index (κ2) is 8.75. The second-order valence-electron chi connectivity index (χ2n) is 6.55. The van der Waals surface area contributed by atoms with Crippen LogP contribution in [0.25, 0.3) is 10.2 Å². The monoisotopic (exact) mass is 403 g/mol. The Labute approximate surface area is 173 Å².